The van der Waals surface area contributed by atoms with Gasteiger partial charge in [-0.15, -0.1) is 0 Å². The highest BCUT2D eigenvalue weighted by Crippen LogP contribution is 2.24. The molecule has 5 heteroatoms. The molecule has 0 spiro atoms. The first-order valence-electron chi connectivity index (χ1n) is 7.44. The van der Waals surface area contributed by atoms with Crippen molar-refractivity contribution in [3.63, 3.8) is 0 Å². The Morgan fingerprint density at radius 2 is 1.58 bits per heavy atom. The van der Waals surface area contributed by atoms with E-state index in [0.717, 1.165) is 34.0 Å². The zero-order valence-corrected chi connectivity index (χ0v) is 13.5. The van der Waals surface area contributed by atoms with Crippen LogP contribution < -0.4 is 9.47 Å². The van der Waals surface area contributed by atoms with Crippen LogP contribution in [0.15, 0.2) is 48.5 Å². The molecule has 0 fully saturated rings. The number of rotatable bonds is 5. The summed E-state index contributed by atoms with van der Waals surface area (Å²) in [5.74, 6) is 1.72. The molecule has 0 unspecified atom stereocenters. The number of ether oxygens (including phenoxy) is 2. The second-order valence-electron chi connectivity index (χ2n) is 5.23. The SMILES string of the molecule is COc1cc(/C=C/c2cc(-c3ccc(O)cc3)n[nH]2)cc(OC)c1. The number of nitrogens with one attached hydrogen (secondary N) is 1. The first kappa shape index (κ1) is 15.7. The van der Waals surface area contributed by atoms with E-state index in [1.807, 2.05) is 48.6 Å². The average molecular weight is 322 g/mol. The Bertz CT molecular complexity index is 829. The van der Waals surface area contributed by atoms with Gasteiger partial charge in [-0.2, -0.15) is 5.10 Å². The minimum atomic E-state index is 0.237. The number of H-pyrrole nitrogens is 1. The molecular weight excluding hydrogens is 304 g/mol. The number of methoxy groups -OCH3 is 2. The highest BCUT2D eigenvalue weighted by Gasteiger charge is 2.03. The van der Waals surface area contributed by atoms with E-state index >= 15 is 0 Å². The maximum Gasteiger partial charge on any atom is 0.123 e. The first-order chi connectivity index (χ1) is 11.7. The lowest BCUT2D eigenvalue weighted by atomic mass is 10.1. The fraction of sp³-hybridized carbons (Fsp3) is 0.105. The van der Waals surface area contributed by atoms with Gasteiger partial charge < -0.3 is 14.6 Å². The molecule has 3 aromatic rings. The van der Waals surface area contributed by atoms with Crippen molar-refractivity contribution in [2.24, 2.45) is 0 Å². The van der Waals surface area contributed by atoms with Crippen LogP contribution in [0, 0.1) is 0 Å². The van der Waals surface area contributed by atoms with Crippen LogP contribution in [0.5, 0.6) is 17.2 Å². The van der Waals surface area contributed by atoms with E-state index in [2.05, 4.69) is 10.2 Å². The number of aromatic hydroxyl groups is 1. The van der Waals surface area contributed by atoms with Crippen LogP contribution in [0.4, 0.5) is 0 Å². The van der Waals surface area contributed by atoms with Gasteiger partial charge in [0.25, 0.3) is 0 Å². The lowest BCUT2D eigenvalue weighted by Crippen LogP contribution is -1.88. The number of phenolic OH excluding ortho intramolecular Hbond substituents is 1. The van der Waals surface area contributed by atoms with Gasteiger partial charge in [0, 0.05) is 11.6 Å². The van der Waals surface area contributed by atoms with E-state index in [9.17, 15) is 5.11 Å². The van der Waals surface area contributed by atoms with Gasteiger partial charge >= 0.3 is 0 Å². The third-order valence-corrected chi connectivity index (χ3v) is 3.59. The Labute approximate surface area is 140 Å². The van der Waals surface area contributed by atoms with Crippen molar-refractivity contribution in [1.82, 2.24) is 10.2 Å². The normalized spacial score (nSPS) is 10.9. The van der Waals surface area contributed by atoms with Crippen LogP contribution in [0.2, 0.25) is 0 Å². The summed E-state index contributed by atoms with van der Waals surface area (Å²) in [4.78, 5) is 0. The van der Waals surface area contributed by atoms with Crippen molar-refractivity contribution < 1.29 is 14.6 Å². The van der Waals surface area contributed by atoms with E-state index in [0.29, 0.717) is 0 Å². The van der Waals surface area contributed by atoms with E-state index < -0.39 is 0 Å². The Hall–Kier alpha value is -3.21. The Morgan fingerprint density at radius 3 is 2.21 bits per heavy atom. The average Bonchev–Trinajstić information content (AvgIpc) is 3.09. The summed E-state index contributed by atoms with van der Waals surface area (Å²) in [5, 5.41) is 16.6. The summed E-state index contributed by atoms with van der Waals surface area (Å²) >= 11 is 0. The molecule has 0 saturated carbocycles. The fourth-order valence-electron chi connectivity index (χ4n) is 2.31. The zero-order valence-electron chi connectivity index (χ0n) is 13.5. The maximum absolute atomic E-state index is 9.34. The molecule has 0 atom stereocenters. The lowest BCUT2D eigenvalue weighted by molar-refractivity contribution is 0.394. The summed E-state index contributed by atoms with van der Waals surface area (Å²) in [5.41, 5.74) is 3.59. The van der Waals surface area contributed by atoms with Gasteiger partial charge in [-0.1, -0.05) is 6.08 Å². The van der Waals surface area contributed by atoms with Gasteiger partial charge in [-0.25, -0.2) is 0 Å². The number of hydrogen-bond acceptors (Lipinski definition) is 4. The Balaban J connectivity index is 1.81. The van der Waals surface area contributed by atoms with Gasteiger partial charge in [0.05, 0.1) is 25.6 Å². The molecular formula is C19H18N2O3. The maximum atomic E-state index is 9.34. The number of phenols is 1. The summed E-state index contributed by atoms with van der Waals surface area (Å²) < 4.78 is 10.5. The number of aromatic nitrogens is 2. The van der Waals surface area contributed by atoms with Gasteiger partial charge in [0.1, 0.15) is 17.2 Å². The minimum Gasteiger partial charge on any atom is -0.508 e. The molecule has 0 aliphatic rings. The van der Waals surface area contributed by atoms with Crippen LogP contribution in [0.1, 0.15) is 11.3 Å². The first-order valence-corrected chi connectivity index (χ1v) is 7.44. The standard InChI is InChI=1S/C19H18N2O3/c1-23-17-9-13(10-18(12-17)24-2)3-6-15-11-19(21-20-15)14-4-7-16(22)8-5-14/h3-12,22H,1-2H3,(H,20,21)/b6-3+. The third kappa shape index (κ3) is 3.57. The highest BCUT2D eigenvalue weighted by molar-refractivity contribution is 5.72. The topological polar surface area (TPSA) is 67.4 Å². The molecule has 1 heterocycles. The number of aromatic amines is 1. The Morgan fingerprint density at radius 1 is 0.917 bits per heavy atom. The van der Waals surface area contributed by atoms with Crippen LogP contribution >= 0.6 is 0 Å². The van der Waals surface area contributed by atoms with Crippen LogP contribution in [-0.2, 0) is 0 Å². The van der Waals surface area contributed by atoms with Crippen LogP contribution in [0.25, 0.3) is 23.4 Å². The van der Waals surface area contributed by atoms with Crippen molar-refractivity contribution in [3.8, 4) is 28.5 Å². The van der Waals surface area contributed by atoms with Gasteiger partial charge in [-0.3, -0.25) is 5.10 Å². The van der Waals surface area contributed by atoms with E-state index in [1.165, 1.54) is 0 Å². The predicted molar refractivity (Wildman–Crippen MR) is 94.2 cm³/mol. The second kappa shape index (κ2) is 6.91. The predicted octanol–water partition coefficient (Wildman–Crippen LogP) is 3.97. The third-order valence-electron chi connectivity index (χ3n) is 3.59. The molecule has 0 bridgehead atoms. The number of nitrogens with zero attached hydrogens (tertiary/aromatic N) is 1. The molecule has 5 nitrogen and oxygen atoms in total. The zero-order chi connectivity index (χ0) is 16.9. The smallest absolute Gasteiger partial charge is 0.123 e. The molecule has 122 valence electrons. The summed E-state index contributed by atoms with van der Waals surface area (Å²) in [6.45, 7) is 0. The molecule has 0 aliphatic heterocycles. The monoisotopic (exact) mass is 322 g/mol. The summed E-state index contributed by atoms with van der Waals surface area (Å²) in [7, 11) is 3.25. The van der Waals surface area contributed by atoms with E-state index in [1.54, 1.807) is 26.4 Å². The van der Waals surface area contributed by atoms with Crippen molar-refractivity contribution in [1.29, 1.82) is 0 Å². The van der Waals surface area contributed by atoms with E-state index in [-0.39, 0.29) is 5.75 Å². The molecule has 1 aromatic heterocycles. The van der Waals surface area contributed by atoms with Crippen molar-refractivity contribution >= 4 is 12.2 Å². The number of benzene rings is 2. The van der Waals surface area contributed by atoms with Gasteiger partial charge in [-0.05, 0) is 54.1 Å². The molecule has 2 N–H and O–H groups in total. The lowest BCUT2D eigenvalue weighted by Gasteiger charge is -2.05. The quantitative estimate of drug-likeness (QED) is 0.746. The fourth-order valence-corrected chi connectivity index (χ4v) is 2.31. The molecule has 0 radical (unpaired) electrons. The summed E-state index contributed by atoms with van der Waals surface area (Å²) in [6, 6.07) is 14.6. The molecule has 24 heavy (non-hydrogen) atoms. The highest BCUT2D eigenvalue weighted by atomic mass is 16.5. The molecule has 3 rings (SSSR count). The molecule has 0 saturated heterocycles. The summed E-state index contributed by atoms with van der Waals surface area (Å²) in [6.07, 6.45) is 3.89. The molecule has 0 aliphatic carbocycles. The van der Waals surface area contributed by atoms with Gasteiger partial charge in [0.15, 0.2) is 0 Å². The second-order valence-corrected chi connectivity index (χ2v) is 5.23. The Kier molecular flexibility index (Phi) is 4.52. The van der Waals surface area contributed by atoms with Crippen molar-refractivity contribution in [2.75, 3.05) is 14.2 Å². The van der Waals surface area contributed by atoms with E-state index in [4.69, 9.17) is 9.47 Å². The van der Waals surface area contributed by atoms with Crippen molar-refractivity contribution in [3.05, 3.63) is 59.8 Å². The van der Waals surface area contributed by atoms with Crippen molar-refractivity contribution in [2.45, 2.75) is 0 Å². The number of hydrogen-bond donors (Lipinski definition) is 2. The minimum absolute atomic E-state index is 0.237. The molecule has 0 amide bonds. The van der Waals surface area contributed by atoms with Crippen LogP contribution in [0.3, 0.4) is 0 Å². The largest absolute Gasteiger partial charge is 0.508 e. The van der Waals surface area contributed by atoms with Gasteiger partial charge in [0.2, 0.25) is 0 Å². The van der Waals surface area contributed by atoms with Crippen LogP contribution in [-0.4, -0.2) is 29.5 Å². The molecule has 2 aromatic carbocycles.